The molecule has 0 heterocycles. The van der Waals surface area contributed by atoms with Gasteiger partial charge in [0.2, 0.25) is 5.91 Å². The number of benzene rings is 1. The summed E-state index contributed by atoms with van der Waals surface area (Å²) in [6.45, 7) is 4.15. The van der Waals surface area contributed by atoms with Crippen molar-refractivity contribution in [2.75, 3.05) is 6.54 Å². The molecule has 0 aliphatic heterocycles. The highest BCUT2D eigenvalue weighted by Crippen LogP contribution is 2.24. The minimum absolute atomic E-state index is 0.0281. The molecule has 0 unspecified atom stereocenters. The van der Waals surface area contributed by atoms with Crippen LogP contribution >= 0.6 is 0 Å². The third-order valence-corrected chi connectivity index (χ3v) is 3.91. The average molecular weight is 289 g/mol. The van der Waals surface area contributed by atoms with Gasteiger partial charge < -0.3 is 10.1 Å². The molecule has 1 fully saturated rings. The van der Waals surface area contributed by atoms with E-state index in [-0.39, 0.29) is 18.4 Å². The second-order valence-electron chi connectivity index (χ2n) is 5.90. The fraction of sp³-hybridized carbons (Fsp3) is 0.529. The zero-order valence-corrected chi connectivity index (χ0v) is 12.7. The maximum absolute atomic E-state index is 11.8. The van der Waals surface area contributed by atoms with Crippen LogP contribution in [0.4, 0.5) is 0 Å². The molecule has 1 aromatic carbocycles. The van der Waals surface area contributed by atoms with Crippen molar-refractivity contribution < 1.29 is 14.3 Å². The quantitative estimate of drug-likeness (QED) is 0.669. The van der Waals surface area contributed by atoms with Gasteiger partial charge in [0.25, 0.3) is 0 Å². The molecule has 1 aliphatic rings. The highest BCUT2D eigenvalue weighted by Gasteiger charge is 2.22. The van der Waals surface area contributed by atoms with Crippen LogP contribution in [0.2, 0.25) is 0 Å². The van der Waals surface area contributed by atoms with E-state index in [1.165, 1.54) is 5.56 Å². The number of nitrogens with one attached hydrogen (secondary N) is 1. The Morgan fingerprint density at radius 2 is 1.81 bits per heavy atom. The summed E-state index contributed by atoms with van der Waals surface area (Å²) < 4.78 is 5.21. The molecule has 1 N–H and O–H groups in total. The Labute approximate surface area is 125 Å². The monoisotopic (exact) mass is 289 g/mol. The second-order valence-corrected chi connectivity index (χ2v) is 5.90. The summed E-state index contributed by atoms with van der Waals surface area (Å²) >= 11 is 0. The fourth-order valence-corrected chi connectivity index (χ4v) is 2.58. The molecule has 21 heavy (non-hydrogen) atoms. The van der Waals surface area contributed by atoms with E-state index in [2.05, 4.69) is 19.2 Å². The molecule has 1 aromatic rings. The fourth-order valence-electron chi connectivity index (χ4n) is 2.58. The van der Waals surface area contributed by atoms with Crippen molar-refractivity contribution in [3.05, 3.63) is 29.8 Å². The average Bonchev–Trinajstić information content (AvgIpc) is 2.99. The molecule has 0 saturated heterocycles. The highest BCUT2D eigenvalue weighted by atomic mass is 16.5. The zero-order chi connectivity index (χ0) is 15.2. The molecule has 0 radical (unpaired) electrons. The van der Waals surface area contributed by atoms with Crippen LogP contribution in [0.15, 0.2) is 24.3 Å². The topological polar surface area (TPSA) is 55.4 Å². The van der Waals surface area contributed by atoms with E-state index in [0.717, 1.165) is 25.7 Å². The Hall–Kier alpha value is -1.84. The zero-order valence-electron chi connectivity index (χ0n) is 12.7. The first kappa shape index (κ1) is 15.5. The van der Waals surface area contributed by atoms with Gasteiger partial charge in [-0.1, -0.05) is 38.8 Å². The number of esters is 1. The molecule has 114 valence electrons. The van der Waals surface area contributed by atoms with Crippen LogP contribution in [0, 0.1) is 5.92 Å². The number of ether oxygens (including phenoxy) is 1. The number of hydrogen-bond donors (Lipinski definition) is 1. The first-order valence-corrected chi connectivity index (χ1v) is 7.64. The largest absolute Gasteiger partial charge is 0.425 e. The van der Waals surface area contributed by atoms with Crippen molar-refractivity contribution in [3.8, 4) is 5.75 Å². The van der Waals surface area contributed by atoms with Crippen molar-refractivity contribution in [2.24, 2.45) is 5.92 Å². The summed E-state index contributed by atoms with van der Waals surface area (Å²) in [5, 5.41) is 2.66. The van der Waals surface area contributed by atoms with Gasteiger partial charge in [0.15, 0.2) is 0 Å². The smallest absolute Gasteiger partial charge is 0.330 e. The lowest BCUT2D eigenvalue weighted by molar-refractivity contribution is -0.136. The van der Waals surface area contributed by atoms with Gasteiger partial charge in [-0.05, 0) is 36.5 Å². The Balaban J connectivity index is 1.77. The van der Waals surface area contributed by atoms with E-state index in [0.29, 0.717) is 11.7 Å². The predicted octanol–water partition coefficient (Wildman–Crippen LogP) is 3.02. The Morgan fingerprint density at radius 1 is 1.19 bits per heavy atom. The van der Waals surface area contributed by atoms with Crippen LogP contribution < -0.4 is 10.1 Å². The lowest BCUT2D eigenvalue weighted by atomic mass is 10.0. The van der Waals surface area contributed by atoms with Crippen molar-refractivity contribution in [3.63, 3.8) is 0 Å². The predicted molar refractivity (Wildman–Crippen MR) is 81.1 cm³/mol. The molecule has 4 heteroatoms. The summed E-state index contributed by atoms with van der Waals surface area (Å²) in [5.41, 5.74) is 1.20. The lowest BCUT2D eigenvalue weighted by Gasteiger charge is -2.10. The standard InChI is InChI=1S/C17H23NO3/c1-12(2)13-7-9-15(10-8-13)21-16(19)11-18-17(20)14-5-3-4-6-14/h7-10,12,14H,3-6,11H2,1-2H3,(H,18,20). The first-order valence-electron chi connectivity index (χ1n) is 7.64. The van der Waals surface area contributed by atoms with Crippen molar-refractivity contribution in [2.45, 2.75) is 45.4 Å². The lowest BCUT2D eigenvalue weighted by Crippen LogP contribution is -2.35. The molecule has 0 spiro atoms. The normalized spacial score (nSPS) is 15.2. The third-order valence-electron chi connectivity index (χ3n) is 3.91. The van der Waals surface area contributed by atoms with Gasteiger partial charge in [-0.2, -0.15) is 0 Å². The number of carbonyl (C=O) groups excluding carboxylic acids is 2. The third kappa shape index (κ3) is 4.59. The van der Waals surface area contributed by atoms with Crippen molar-refractivity contribution >= 4 is 11.9 Å². The molecular formula is C17H23NO3. The van der Waals surface area contributed by atoms with Gasteiger partial charge in [-0.3, -0.25) is 4.79 Å². The van der Waals surface area contributed by atoms with E-state index in [1.54, 1.807) is 12.1 Å². The van der Waals surface area contributed by atoms with Gasteiger partial charge in [0, 0.05) is 5.92 Å². The van der Waals surface area contributed by atoms with Gasteiger partial charge in [0.1, 0.15) is 12.3 Å². The van der Waals surface area contributed by atoms with Crippen LogP contribution in [0.5, 0.6) is 5.75 Å². The summed E-state index contributed by atoms with van der Waals surface area (Å²) in [5.74, 6) is 0.571. The van der Waals surface area contributed by atoms with Crippen LogP contribution in [0.25, 0.3) is 0 Å². The van der Waals surface area contributed by atoms with E-state index >= 15 is 0 Å². The molecule has 1 saturated carbocycles. The second kappa shape index (κ2) is 7.25. The molecule has 4 nitrogen and oxygen atoms in total. The Morgan fingerprint density at radius 3 is 2.38 bits per heavy atom. The molecule has 1 aliphatic carbocycles. The molecule has 0 bridgehead atoms. The minimum atomic E-state index is -0.432. The summed E-state index contributed by atoms with van der Waals surface area (Å²) in [4.78, 5) is 23.5. The molecular weight excluding hydrogens is 266 g/mol. The summed E-state index contributed by atoms with van der Waals surface area (Å²) in [6, 6.07) is 7.47. The van der Waals surface area contributed by atoms with E-state index in [9.17, 15) is 9.59 Å². The molecule has 1 amide bonds. The van der Waals surface area contributed by atoms with E-state index in [1.807, 2.05) is 12.1 Å². The number of hydrogen-bond acceptors (Lipinski definition) is 3. The van der Waals surface area contributed by atoms with E-state index in [4.69, 9.17) is 4.74 Å². The summed E-state index contributed by atoms with van der Waals surface area (Å²) in [7, 11) is 0. The van der Waals surface area contributed by atoms with Crippen LogP contribution in [-0.2, 0) is 9.59 Å². The Bertz CT molecular complexity index is 487. The molecule has 0 aromatic heterocycles. The van der Waals surface area contributed by atoms with Gasteiger partial charge in [-0.15, -0.1) is 0 Å². The molecule has 2 rings (SSSR count). The van der Waals surface area contributed by atoms with Crippen LogP contribution in [0.3, 0.4) is 0 Å². The number of rotatable bonds is 5. The minimum Gasteiger partial charge on any atom is -0.425 e. The molecule has 0 atom stereocenters. The van der Waals surface area contributed by atoms with Crippen molar-refractivity contribution in [1.82, 2.24) is 5.32 Å². The van der Waals surface area contributed by atoms with Gasteiger partial charge in [-0.25, -0.2) is 4.79 Å². The summed E-state index contributed by atoms with van der Waals surface area (Å²) in [6.07, 6.45) is 4.06. The SMILES string of the molecule is CC(C)c1ccc(OC(=O)CNC(=O)C2CCCC2)cc1. The number of carbonyl (C=O) groups is 2. The maximum atomic E-state index is 11.8. The maximum Gasteiger partial charge on any atom is 0.330 e. The van der Waals surface area contributed by atoms with E-state index < -0.39 is 5.97 Å². The van der Waals surface area contributed by atoms with Crippen LogP contribution in [0.1, 0.15) is 51.0 Å². The Kier molecular flexibility index (Phi) is 5.37. The van der Waals surface area contributed by atoms with Gasteiger partial charge in [0.05, 0.1) is 0 Å². The number of amides is 1. The van der Waals surface area contributed by atoms with Crippen LogP contribution in [-0.4, -0.2) is 18.4 Å². The highest BCUT2D eigenvalue weighted by molar-refractivity contribution is 5.84. The van der Waals surface area contributed by atoms with Crippen molar-refractivity contribution in [1.29, 1.82) is 0 Å². The van der Waals surface area contributed by atoms with Gasteiger partial charge >= 0.3 is 5.97 Å². The first-order chi connectivity index (χ1) is 10.1.